The molecule has 0 saturated heterocycles. The largest absolute Gasteiger partial charge is 0.507 e. The molecule has 12 nitrogen and oxygen atoms in total. The van der Waals surface area contributed by atoms with Crippen LogP contribution in [-0.4, -0.2) is 31.0 Å². The number of fused-ring (bicyclic) bond motifs is 1. The van der Waals surface area contributed by atoms with Gasteiger partial charge in [-0.15, -0.1) is 5.11 Å². The fourth-order valence-electron chi connectivity index (χ4n) is 2.63. The second kappa shape index (κ2) is 7.31. The number of hydrogen-bond donors (Lipinski definition) is 4. The first-order valence-electron chi connectivity index (χ1n) is 7.83. The second-order valence-electron chi connectivity index (χ2n) is 5.94. The quantitative estimate of drug-likeness (QED) is 0.198. The maximum absolute atomic E-state index is 11.8. The molecule has 0 aliphatic heterocycles. The van der Waals surface area contributed by atoms with Crippen LogP contribution in [0.4, 0.5) is 22.7 Å². The van der Waals surface area contributed by atoms with E-state index in [1.54, 1.807) is 0 Å². The number of phenols is 1. The molecule has 5 N–H and O–H groups in total. The predicted octanol–water partition coefficient (Wildman–Crippen LogP) is 3.52. The van der Waals surface area contributed by atoms with E-state index in [1.165, 1.54) is 24.3 Å². The maximum Gasteiger partial charge on any atom is 0.385 e. The summed E-state index contributed by atoms with van der Waals surface area (Å²) in [6, 6.07) is 8.01. The highest BCUT2D eigenvalue weighted by Gasteiger charge is 2.24. The molecule has 154 valence electrons. The molecule has 0 radical (unpaired) electrons. The van der Waals surface area contributed by atoms with Gasteiger partial charge in [-0.25, -0.2) is 0 Å². The van der Waals surface area contributed by atoms with Crippen molar-refractivity contribution in [2.24, 2.45) is 10.2 Å². The third-order valence-electron chi connectivity index (χ3n) is 3.97. The highest BCUT2D eigenvalue weighted by molar-refractivity contribution is 7.86. The molecule has 3 rings (SSSR count). The lowest BCUT2D eigenvalue weighted by atomic mass is 10.1. The van der Waals surface area contributed by atoms with Crippen molar-refractivity contribution in [2.45, 2.75) is 9.79 Å². The van der Waals surface area contributed by atoms with Crippen LogP contribution in [0.25, 0.3) is 15.7 Å². The number of anilines is 1. The summed E-state index contributed by atoms with van der Waals surface area (Å²) in [7, 11) is -9.62. The molecule has 0 amide bonds. The molecule has 0 saturated carbocycles. The number of diazo groups is 1. The van der Waals surface area contributed by atoms with Crippen molar-refractivity contribution in [3.05, 3.63) is 47.4 Å². The van der Waals surface area contributed by atoms with Crippen molar-refractivity contribution in [3.8, 4) is 5.75 Å². The Balaban J connectivity index is 2.29. The van der Waals surface area contributed by atoms with Crippen LogP contribution in [0, 0.1) is 5.39 Å². The molecule has 0 atom stereocenters. The molecule has 0 bridgehead atoms. The van der Waals surface area contributed by atoms with E-state index in [4.69, 9.17) is 11.1 Å². The zero-order valence-electron chi connectivity index (χ0n) is 14.7. The van der Waals surface area contributed by atoms with E-state index in [9.17, 15) is 31.0 Å². The van der Waals surface area contributed by atoms with Crippen LogP contribution >= 0.6 is 0 Å². The molecule has 0 aliphatic rings. The monoisotopic (exact) mass is 450 g/mol. The lowest BCUT2D eigenvalue weighted by molar-refractivity contribution is 0.471. The van der Waals surface area contributed by atoms with Crippen molar-refractivity contribution in [2.75, 3.05) is 5.73 Å². The number of nitrogens with zero attached hydrogens (tertiary/aromatic N) is 4. The number of nitrogens with two attached hydrogens (primary N) is 1. The normalized spacial score (nSPS) is 12.3. The van der Waals surface area contributed by atoms with Crippen molar-refractivity contribution in [1.29, 1.82) is 5.39 Å². The molecular weight excluding hydrogens is 438 g/mol. The van der Waals surface area contributed by atoms with Crippen molar-refractivity contribution in [1.82, 2.24) is 0 Å². The van der Waals surface area contributed by atoms with Crippen LogP contribution in [-0.2, 0) is 20.2 Å². The van der Waals surface area contributed by atoms with E-state index in [-0.39, 0.29) is 22.1 Å². The molecule has 0 aromatic heterocycles. The third-order valence-corrected chi connectivity index (χ3v) is 5.67. The van der Waals surface area contributed by atoms with Gasteiger partial charge in [0, 0.05) is 23.6 Å². The summed E-state index contributed by atoms with van der Waals surface area (Å²) in [4.78, 5) is 1.45. The van der Waals surface area contributed by atoms with Crippen LogP contribution in [0.2, 0.25) is 0 Å². The minimum Gasteiger partial charge on any atom is -0.507 e. The van der Waals surface area contributed by atoms with Gasteiger partial charge in [-0.1, -0.05) is 0 Å². The highest BCUT2D eigenvalue weighted by atomic mass is 32.2. The van der Waals surface area contributed by atoms with Gasteiger partial charge in [0.1, 0.15) is 16.3 Å². The van der Waals surface area contributed by atoms with Crippen LogP contribution < -0.4 is 5.73 Å². The summed E-state index contributed by atoms with van der Waals surface area (Å²) < 4.78 is 65.1. The number of azo groups is 1. The molecule has 0 aliphatic carbocycles. The fourth-order valence-corrected chi connectivity index (χ4v) is 3.84. The summed E-state index contributed by atoms with van der Waals surface area (Å²) in [5.41, 5.74) is 5.47. The minimum absolute atomic E-state index is 0.168. The number of phenolic OH excluding ortho intramolecular Hbond substituents is 1. The van der Waals surface area contributed by atoms with Gasteiger partial charge in [0.05, 0.1) is 16.3 Å². The summed E-state index contributed by atoms with van der Waals surface area (Å²) in [6.45, 7) is 0. The van der Waals surface area contributed by atoms with Crippen molar-refractivity contribution in [3.63, 3.8) is 0 Å². The second-order valence-corrected chi connectivity index (χ2v) is 8.76. The van der Waals surface area contributed by atoms with E-state index in [0.29, 0.717) is 0 Å². The molecule has 30 heavy (non-hydrogen) atoms. The summed E-state index contributed by atoms with van der Waals surface area (Å²) in [6.07, 6.45) is 0. The Morgan fingerprint density at radius 1 is 0.933 bits per heavy atom. The molecule has 0 heterocycles. The standard InChI is InChI=1S/C16H11N5O7S2/c17-15-14-8(5-11(7-12(14)22)29(23,24)25)6-13(30(26,27)28)16(15)21-20-10-3-1-9(19-18)2-4-10/h1-7H,(H4-,17,20,22,23,24,25,26,27,28)/p+1. The fraction of sp³-hybridized carbons (Fsp3) is 0. The molecule has 3 aromatic rings. The van der Waals surface area contributed by atoms with E-state index < -0.39 is 47.2 Å². The minimum atomic E-state index is -4.90. The van der Waals surface area contributed by atoms with Gasteiger partial charge in [-0.05, 0) is 29.7 Å². The predicted molar refractivity (Wildman–Crippen MR) is 105 cm³/mol. The molecule has 0 spiro atoms. The molecule has 3 aromatic carbocycles. The zero-order valence-corrected chi connectivity index (χ0v) is 16.3. The first kappa shape index (κ1) is 21.1. The Morgan fingerprint density at radius 2 is 1.57 bits per heavy atom. The summed E-state index contributed by atoms with van der Waals surface area (Å²) in [5.74, 6) is -0.676. The Morgan fingerprint density at radius 3 is 2.10 bits per heavy atom. The number of benzene rings is 3. The van der Waals surface area contributed by atoms with Crippen LogP contribution in [0.1, 0.15) is 0 Å². The lowest BCUT2D eigenvalue weighted by Crippen LogP contribution is -2.03. The van der Waals surface area contributed by atoms with E-state index in [0.717, 1.165) is 18.2 Å². The molecule has 0 fully saturated rings. The van der Waals surface area contributed by atoms with Gasteiger partial charge < -0.3 is 10.8 Å². The summed E-state index contributed by atoms with van der Waals surface area (Å²) >= 11 is 0. The van der Waals surface area contributed by atoms with Gasteiger partial charge in [0.15, 0.2) is 4.98 Å². The van der Waals surface area contributed by atoms with E-state index in [1.807, 2.05) is 0 Å². The van der Waals surface area contributed by atoms with E-state index in [2.05, 4.69) is 15.2 Å². The molecule has 14 heteroatoms. The number of nitrogen functional groups attached to an aromatic ring is 1. The Labute approximate surface area is 169 Å². The van der Waals surface area contributed by atoms with Gasteiger partial charge >= 0.3 is 5.69 Å². The average Bonchev–Trinajstić information content (AvgIpc) is 2.65. The van der Waals surface area contributed by atoms with Crippen LogP contribution in [0.5, 0.6) is 5.75 Å². The van der Waals surface area contributed by atoms with Gasteiger partial charge in [-0.2, -0.15) is 21.9 Å². The Bertz CT molecular complexity index is 1460. The smallest absolute Gasteiger partial charge is 0.385 e. The van der Waals surface area contributed by atoms with Crippen LogP contribution in [0.15, 0.2) is 62.5 Å². The Hall–Kier alpha value is -3.64. The highest BCUT2D eigenvalue weighted by Crippen LogP contribution is 2.43. The van der Waals surface area contributed by atoms with Gasteiger partial charge in [0.25, 0.3) is 20.2 Å². The molecular formula is C16H12N5O7S2+. The van der Waals surface area contributed by atoms with Crippen molar-refractivity contribution < 1.29 is 31.0 Å². The van der Waals surface area contributed by atoms with Gasteiger partial charge in [0.2, 0.25) is 5.39 Å². The first-order chi connectivity index (χ1) is 13.9. The number of aromatic hydroxyl groups is 1. The topological polar surface area (TPSA) is 208 Å². The zero-order chi connectivity index (χ0) is 22.3. The number of hydrogen-bond acceptors (Lipinski definition) is 9. The first-order valence-corrected chi connectivity index (χ1v) is 10.7. The lowest BCUT2D eigenvalue weighted by Gasteiger charge is -2.12. The number of rotatable bonds is 4. The van der Waals surface area contributed by atoms with Gasteiger partial charge in [-0.3, -0.25) is 9.11 Å². The van der Waals surface area contributed by atoms with Crippen molar-refractivity contribution >= 4 is 53.8 Å². The Kier molecular flexibility index (Phi) is 5.14. The average molecular weight is 450 g/mol. The third kappa shape index (κ3) is 4.04. The van der Waals surface area contributed by atoms with E-state index >= 15 is 0 Å². The maximum atomic E-state index is 11.8. The molecule has 0 unspecified atom stereocenters. The summed E-state index contributed by atoms with van der Waals surface area (Å²) in [5, 5.41) is 26.1. The SMILES string of the molecule is N#[N+]c1ccc(N=Nc2c(S(=O)(=O)O)cc3cc(S(=O)(=O)O)cc(O)c3c2N)cc1. The van der Waals surface area contributed by atoms with Crippen LogP contribution in [0.3, 0.4) is 0 Å².